The van der Waals surface area contributed by atoms with Crippen LogP contribution in [0.2, 0.25) is 5.02 Å². The number of halogens is 2. The molecule has 0 aliphatic carbocycles. The van der Waals surface area contributed by atoms with E-state index in [1.165, 1.54) is 18.2 Å². The molecule has 1 heterocycles. The third-order valence-electron chi connectivity index (χ3n) is 4.30. The van der Waals surface area contributed by atoms with Crippen molar-refractivity contribution in [2.75, 3.05) is 25.1 Å². The molecule has 0 radical (unpaired) electrons. The molecule has 0 aromatic heterocycles. The first-order valence-corrected chi connectivity index (χ1v) is 11.8. The lowest BCUT2D eigenvalue weighted by atomic mass is 10.2. The van der Waals surface area contributed by atoms with Gasteiger partial charge in [0.25, 0.3) is 11.1 Å². The maximum atomic E-state index is 12.7. The van der Waals surface area contributed by atoms with Crippen molar-refractivity contribution >= 4 is 74.1 Å². The number of benzene rings is 2. The largest absolute Gasteiger partial charge is 0.490 e. The number of nitrogens with zero attached hydrogens (tertiary/aromatic N) is 1. The van der Waals surface area contributed by atoms with Crippen molar-refractivity contribution in [3.8, 4) is 11.5 Å². The summed E-state index contributed by atoms with van der Waals surface area (Å²) in [6.07, 6.45) is 1.49. The molecule has 3 rings (SSSR count). The van der Waals surface area contributed by atoms with E-state index in [2.05, 4.69) is 21.2 Å². The zero-order valence-corrected chi connectivity index (χ0v) is 20.8. The number of anilines is 1. The zero-order valence-electron chi connectivity index (χ0n) is 17.7. The monoisotopic (exact) mass is 568 g/mol. The fourth-order valence-electron chi connectivity index (χ4n) is 2.85. The van der Waals surface area contributed by atoms with Crippen LogP contribution < -0.4 is 14.8 Å². The van der Waals surface area contributed by atoms with Crippen LogP contribution in [0.3, 0.4) is 0 Å². The van der Waals surface area contributed by atoms with E-state index in [4.69, 9.17) is 26.2 Å². The van der Waals surface area contributed by atoms with E-state index in [1.807, 2.05) is 0 Å². The highest BCUT2D eigenvalue weighted by Gasteiger charge is 2.36. The fourth-order valence-corrected chi connectivity index (χ4v) is 4.11. The van der Waals surface area contributed by atoms with Gasteiger partial charge in [-0.15, -0.1) is 0 Å². The second kappa shape index (κ2) is 11.4. The standard InChI is InChI=1S/C22H18BrClN2O7S/c1-2-32-17-7-12(3-6-16(17)33-11-20(28)29)8-18-21(30)26(22(31)34-18)10-19(27)25-13-4-5-14(23)15(24)9-13/h3-9H,2,10-11H2,1H3,(H,25,27)(H,28,29)/b18-8+. The second-order valence-electron chi connectivity index (χ2n) is 6.77. The molecule has 0 unspecified atom stereocenters. The summed E-state index contributed by atoms with van der Waals surface area (Å²) in [6, 6.07) is 9.50. The molecule has 0 atom stereocenters. The van der Waals surface area contributed by atoms with Crippen LogP contribution in [0.15, 0.2) is 45.8 Å². The molecular weight excluding hydrogens is 552 g/mol. The Morgan fingerprint density at radius 3 is 2.62 bits per heavy atom. The molecular formula is C22H18BrClN2O7S. The van der Waals surface area contributed by atoms with Crippen LogP contribution in [0.4, 0.5) is 10.5 Å². The van der Waals surface area contributed by atoms with E-state index in [9.17, 15) is 19.2 Å². The van der Waals surface area contributed by atoms with Gasteiger partial charge in [-0.1, -0.05) is 17.7 Å². The van der Waals surface area contributed by atoms with Gasteiger partial charge in [0.15, 0.2) is 18.1 Å². The third-order valence-corrected chi connectivity index (χ3v) is 6.44. The van der Waals surface area contributed by atoms with E-state index in [0.29, 0.717) is 44.9 Å². The Morgan fingerprint density at radius 1 is 1.18 bits per heavy atom. The van der Waals surface area contributed by atoms with Crippen LogP contribution in [0.25, 0.3) is 6.08 Å². The zero-order chi connectivity index (χ0) is 24.8. The first kappa shape index (κ1) is 25.6. The Kier molecular flexibility index (Phi) is 8.59. The van der Waals surface area contributed by atoms with E-state index >= 15 is 0 Å². The minimum absolute atomic E-state index is 0.131. The summed E-state index contributed by atoms with van der Waals surface area (Å²) < 4.78 is 11.4. The van der Waals surface area contributed by atoms with Crippen molar-refractivity contribution in [2.24, 2.45) is 0 Å². The summed E-state index contributed by atoms with van der Waals surface area (Å²) in [5.41, 5.74) is 0.958. The number of thioether (sulfide) groups is 1. The summed E-state index contributed by atoms with van der Waals surface area (Å²) in [4.78, 5) is 49.2. The van der Waals surface area contributed by atoms with Gasteiger partial charge in [0.1, 0.15) is 6.54 Å². The Labute approximate surface area is 212 Å². The summed E-state index contributed by atoms with van der Waals surface area (Å²) in [7, 11) is 0. The predicted octanol–water partition coefficient (Wildman–Crippen LogP) is 4.64. The number of amides is 3. The average molecular weight is 570 g/mol. The lowest BCUT2D eigenvalue weighted by Crippen LogP contribution is -2.36. The SMILES string of the molecule is CCOc1cc(/C=C2/SC(=O)N(CC(=O)Nc3ccc(Br)c(Cl)c3)C2=O)ccc1OCC(=O)O. The number of carbonyl (C=O) groups is 4. The summed E-state index contributed by atoms with van der Waals surface area (Å²) in [5, 5.41) is 11.2. The third kappa shape index (κ3) is 6.52. The molecule has 0 spiro atoms. The lowest BCUT2D eigenvalue weighted by Gasteiger charge is -2.13. The van der Waals surface area contributed by atoms with Gasteiger partial charge in [0, 0.05) is 10.2 Å². The van der Waals surface area contributed by atoms with Crippen molar-refractivity contribution in [1.82, 2.24) is 4.90 Å². The average Bonchev–Trinajstić information content (AvgIpc) is 3.03. The van der Waals surface area contributed by atoms with E-state index in [1.54, 1.807) is 31.2 Å². The highest BCUT2D eigenvalue weighted by Crippen LogP contribution is 2.35. The smallest absolute Gasteiger partial charge is 0.341 e. The minimum atomic E-state index is -1.13. The number of hydrogen-bond donors (Lipinski definition) is 2. The number of ether oxygens (including phenoxy) is 2. The molecule has 178 valence electrons. The molecule has 0 saturated carbocycles. The Balaban J connectivity index is 1.72. The molecule has 3 amide bonds. The van der Waals surface area contributed by atoms with Gasteiger partial charge in [0.05, 0.1) is 16.5 Å². The number of carbonyl (C=O) groups excluding carboxylic acids is 3. The maximum Gasteiger partial charge on any atom is 0.341 e. The highest BCUT2D eigenvalue weighted by atomic mass is 79.9. The van der Waals surface area contributed by atoms with Crippen LogP contribution in [0, 0.1) is 0 Å². The molecule has 2 N–H and O–H groups in total. The number of nitrogens with one attached hydrogen (secondary N) is 1. The Bertz CT molecular complexity index is 1190. The molecule has 9 nitrogen and oxygen atoms in total. The first-order chi connectivity index (χ1) is 16.2. The normalized spacial score (nSPS) is 14.4. The fraction of sp³-hybridized carbons (Fsp3) is 0.182. The summed E-state index contributed by atoms with van der Waals surface area (Å²) in [5.74, 6) is -1.76. The lowest BCUT2D eigenvalue weighted by molar-refractivity contribution is -0.139. The molecule has 1 fully saturated rings. The van der Waals surface area contributed by atoms with Crippen molar-refractivity contribution in [1.29, 1.82) is 0 Å². The van der Waals surface area contributed by atoms with Crippen molar-refractivity contribution in [2.45, 2.75) is 6.92 Å². The molecule has 12 heteroatoms. The van der Waals surface area contributed by atoms with Gasteiger partial charge in [-0.25, -0.2) is 4.79 Å². The molecule has 2 aromatic carbocycles. The first-order valence-electron chi connectivity index (χ1n) is 9.79. The van der Waals surface area contributed by atoms with Gasteiger partial charge >= 0.3 is 5.97 Å². The molecule has 34 heavy (non-hydrogen) atoms. The molecule has 2 aromatic rings. The van der Waals surface area contributed by atoms with Crippen LogP contribution in [0.1, 0.15) is 12.5 Å². The van der Waals surface area contributed by atoms with E-state index < -0.39 is 36.2 Å². The van der Waals surface area contributed by atoms with Crippen LogP contribution in [-0.2, 0) is 14.4 Å². The van der Waals surface area contributed by atoms with Crippen molar-refractivity contribution < 1.29 is 33.8 Å². The second-order valence-corrected chi connectivity index (χ2v) is 9.02. The Hall–Kier alpha value is -3.02. The molecule has 1 aliphatic rings. The van der Waals surface area contributed by atoms with E-state index in [-0.39, 0.29) is 10.7 Å². The highest BCUT2D eigenvalue weighted by molar-refractivity contribution is 9.10. The van der Waals surface area contributed by atoms with Gasteiger partial charge in [0.2, 0.25) is 5.91 Å². The molecule has 0 bridgehead atoms. The quantitative estimate of drug-likeness (QED) is 0.419. The van der Waals surface area contributed by atoms with Crippen LogP contribution in [-0.4, -0.2) is 52.8 Å². The number of carboxylic acids is 1. The summed E-state index contributed by atoms with van der Waals surface area (Å²) in [6.45, 7) is 1.07. The van der Waals surface area contributed by atoms with Crippen LogP contribution >= 0.6 is 39.3 Å². The number of hydrogen-bond acceptors (Lipinski definition) is 7. The van der Waals surface area contributed by atoms with Gasteiger partial charge in [-0.2, -0.15) is 0 Å². The van der Waals surface area contributed by atoms with Gasteiger partial charge < -0.3 is 19.9 Å². The van der Waals surface area contributed by atoms with Gasteiger partial charge in [-0.3, -0.25) is 19.3 Å². The minimum Gasteiger partial charge on any atom is -0.490 e. The Morgan fingerprint density at radius 2 is 1.94 bits per heavy atom. The number of rotatable bonds is 9. The van der Waals surface area contributed by atoms with Crippen molar-refractivity contribution in [3.05, 3.63) is 56.4 Å². The maximum absolute atomic E-state index is 12.7. The summed E-state index contributed by atoms with van der Waals surface area (Å²) >= 11 is 9.98. The number of imide groups is 1. The molecule has 1 aliphatic heterocycles. The topological polar surface area (TPSA) is 122 Å². The molecule has 1 saturated heterocycles. The van der Waals surface area contributed by atoms with Gasteiger partial charge in [-0.05, 0) is 76.6 Å². The predicted molar refractivity (Wildman–Crippen MR) is 131 cm³/mol. The number of aliphatic carboxylic acids is 1. The van der Waals surface area contributed by atoms with Crippen molar-refractivity contribution in [3.63, 3.8) is 0 Å². The number of carboxylic acid groups (broad SMARTS) is 1. The van der Waals surface area contributed by atoms with E-state index in [0.717, 1.165) is 4.90 Å². The van der Waals surface area contributed by atoms with Crippen LogP contribution in [0.5, 0.6) is 11.5 Å².